The number of benzene rings is 2. The summed E-state index contributed by atoms with van der Waals surface area (Å²) in [4.78, 5) is 26.6. The highest BCUT2D eigenvalue weighted by molar-refractivity contribution is 6.43. The third kappa shape index (κ3) is 3.40. The molecule has 2 aromatic rings. The van der Waals surface area contributed by atoms with Crippen LogP contribution in [0.3, 0.4) is 0 Å². The smallest absolute Gasteiger partial charge is 0.363 e. The van der Waals surface area contributed by atoms with Gasteiger partial charge in [-0.2, -0.15) is 0 Å². The normalized spacial score (nSPS) is 15.2. The zero-order valence-electron chi connectivity index (χ0n) is 12.8. The maximum absolute atomic E-state index is 12.0. The second-order valence-electron chi connectivity index (χ2n) is 5.24. The number of nitrogens with zero attached hydrogens (tertiary/aromatic N) is 2. The summed E-state index contributed by atoms with van der Waals surface area (Å²) in [5.41, 5.74) is 1.49. The van der Waals surface area contributed by atoms with Gasteiger partial charge in [0, 0.05) is 17.2 Å². The van der Waals surface area contributed by atoms with Gasteiger partial charge in [-0.15, -0.1) is 0 Å². The van der Waals surface area contributed by atoms with Crippen LogP contribution in [-0.2, 0) is 9.53 Å². The van der Waals surface area contributed by atoms with Gasteiger partial charge in [0.2, 0.25) is 5.90 Å². The lowest BCUT2D eigenvalue weighted by Crippen LogP contribution is -2.06. The van der Waals surface area contributed by atoms with E-state index in [1.54, 1.807) is 31.2 Å². The van der Waals surface area contributed by atoms with Crippen molar-refractivity contribution < 1.29 is 14.5 Å². The predicted octanol–water partition coefficient (Wildman–Crippen LogP) is 4.55. The molecule has 6 nitrogen and oxygen atoms in total. The quantitative estimate of drug-likeness (QED) is 0.340. The van der Waals surface area contributed by atoms with Gasteiger partial charge >= 0.3 is 5.97 Å². The molecule has 0 fully saturated rings. The number of nitro benzene ring substituents is 1. The second kappa shape index (κ2) is 6.66. The minimum Gasteiger partial charge on any atom is -0.402 e. The van der Waals surface area contributed by atoms with Crippen molar-refractivity contribution in [3.05, 3.63) is 78.9 Å². The van der Waals surface area contributed by atoms with Crippen LogP contribution >= 0.6 is 23.2 Å². The summed E-state index contributed by atoms with van der Waals surface area (Å²) in [5.74, 6) is -0.561. The number of hydrogen-bond acceptors (Lipinski definition) is 5. The van der Waals surface area contributed by atoms with Gasteiger partial charge in [0.25, 0.3) is 5.69 Å². The van der Waals surface area contributed by atoms with Crippen molar-refractivity contribution in [2.45, 2.75) is 6.92 Å². The zero-order chi connectivity index (χ0) is 18.1. The maximum Gasteiger partial charge on any atom is 0.363 e. The topological polar surface area (TPSA) is 81.8 Å². The Kier molecular flexibility index (Phi) is 4.57. The molecule has 126 valence electrons. The van der Waals surface area contributed by atoms with Crippen LogP contribution in [0.5, 0.6) is 0 Å². The van der Waals surface area contributed by atoms with Gasteiger partial charge in [-0.05, 0) is 36.8 Å². The molecule has 1 aliphatic heterocycles. The van der Waals surface area contributed by atoms with Crippen LogP contribution in [0.1, 0.15) is 16.7 Å². The van der Waals surface area contributed by atoms with Crippen molar-refractivity contribution in [3.8, 4) is 0 Å². The van der Waals surface area contributed by atoms with Crippen molar-refractivity contribution in [2.24, 2.45) is 4.99 Å². The first kappa shape index (κ1) is 17.1. The number of aryl methyl sites for hydroxylation is 1. The van der Waals surface area contributed by atoms with Gasteiger partial charge in [-0.3, -0.25) is 10.1 Å². The van der Waals surface area contributed by atoms with Gasteiger partial charge < -0.3 is 4.74 Å². The molecular formula is C17H10Cl2N2O4. The molecule has 0 saturated carbocycles. The largest absolute Gasteiger partial charge is 0.402 e. The summed E-state index contributed by atoms with van der Waals surface area (Å²) >= 11 is 12.0. The number of halogens is 2. The first-order chi connectivity index (χ1) is 11.9. The fraction of sp³-hybridized carbons (Fsp3) is 0.0588. The van der Waals surface area contributed by atoms with E-state index in [4.69, 9.17) is 27.9 Å². The Balaban J connectivity index is 1.98. The van der Waals surface area contributed by atoms with Crippen LogP contribution in [0.25, 0.3) is 6.08 Å². The van der Waals surface area contributed by atoms with Crippen LogP contribution in [0.2, 0.25) is 10.0 Å². The number of esters is 1. The average Bonchev–Trinajstić information content (AvgIpc) is 2.92. The second-order valence-corrected chi connectivity index (χ2v) is 6.02. The molecule has 0 saturated heterocycles. The van der Waals surface area contributed by atoms with E-state index in [0.29, 0.717) is 26.7 Å². The number of carbonyl (C=O) groups excluding carboxylic acids is 1. The number of rotatable bonds is 3. The highest BCUT2D eigenvalue weighted by Crippen LogP contribution is 2.29. The molecule has 0 aliphatic carbocycles. The van der Waals surface area contributed by atoms with E-state index in [2.05, 4.69) is 4.99 Å². The molecule has 25 heavy (non-hydrogen) atoms. The summed E-state index contributed by atoms with van der Waals surface area (Å²) in [6.07, 6.45) is 1.47. The van der Waals surface area contributed by atoms with Gasteiger partial charge in [-0.25, -0.2) is 9.79 Å². The summed E-state index contributed by atoms with van der Waals surface area (Å²) in [5, 5.41) is 11.5. The van der Waals surface area contributed by atoms with Crippen LogP contribution in [0.4, 0.5) is 5.69 Å². The van der Waals surface area contributed by atoms with Crippen molar-refractivity contribution in [1.82, 2.24) is 0 Å². The van der Waals surface area contributed by atoms with Crippen molar-refractivity contribution in [2.75, 3.05) is 0 Å². The predicted molar refractivity (Wildman–Crippen MR) is 94.9 cm³/mol. The minimum absolute atomic E-state index is 0.0184. The molecule has 0 atom stereocenters. The van der Waals surface area contributed by atoms with E-state index in [9.17, 15) is 14.9 Å². The number of nitro groups is 1. The molecule has 0 N–H and O–H groups in total. The van der Waals surface area contributed by atoms with E-state index in [0.717, 1.165) is 0 Å². The molecule has 3 rings (SSSR count). The monoisotopic (exact) mass is 376 g/mol. The average molecular weight is 377 g/mol. The Morgan fingerprint density at radius 1 is 1.24 bits per heavy atom. The summed E-state index contributed by atoms with van der Waals surface area (Å²) in [6, 6.07) is 9.39. The number of ether oxygens (including phenoxy) is 1. The molecule has 0 amide bonds. The standard InChI is InChI=1S/C17H10Cl2N2O4/c1-9-7-11(5-6-14(9)21(23)24)16-20-13(17(22)25-16)8-10-3-2-4-12(18)15(10)19/h2-8H,1H3/b13-8-. The Labute approximate surface area is 152 Å². The third-order valence-electron chi connectivity index (χ3n) is 3.53. The molecule has 0 spiro atoms. The fourth-order valence-corrected chi connectivity index (χ4v) is 2.67. The lowest BCUT2D eigenvalue weighted by molar-refractivity contribution is -0.385. The first-order valence-corrected chi connectivity index (χ1v) is 7.84. The third-order valence-corrected chi connectivity index (χ3v) is 4.37. The summed E-state index contributed by atoms with van der Waals surface area (Å²) in [6.45, 7) is 1.60. The molecule has 0 aromatic heterocycles. The van der Waals surface area contributed by atoms with E-state index in [1.807, 2.05) is 0 Å². The van der Waals surface area contributed by atoms with Gasteiger partial charge in [-0.1, -0.05) is 35.3 Å². The van der Waals surface area contributed by atoms with Crippen LogP contribution in [0.15, 0.2) is 47.1 Å². The van der Waals surface area contributed by atoms with E-state index in [-0.39, 0.29) is 17.3 Å². The lowest BCUT2D eigenvalue weighted by atomic mass is 10.1. The lowest BCUT2D eigenvalue weighted by Gasteiger charge is -2.01. The fourth-order valence-electron chi connectivity index (χ4n) is 2.31. The highest BCUT2D eigenvalue weighted by atomic mass is 35.5. The minimum atomic E-state index is -0.637. The molecular weight excluding hydrogens is 367 g/mol. The summed E-state index contributed by atoms with van der Waals surface area (Å²) < 4.78 is 5.15. The Morgan fingerprint density at radius 2 is 2.00 bits per heavy atom. The van der Waals surface area contributed by atoms with Gasteiger partial charge in [0.1, 0.15) is 0 Å². The van der Waals surface area contributed by atoms with Crippen LogP contribution in [0, 0.1) is 17.0 Å². The molecule has 0 unspecified atom stereocenters. The molecule has 1 heterocycles. The molecule has 8 heteroatoms. The van der Waals surface area contributed by atoms with E-state index in [1.165, 1.54) is 18.2 Å². The zero-order valence-corrected chi connectivity index (χ0v) is 14.3. The summed E-state index contributed by atoms with van der Waals surface area (Å²) in [7, 11) is 0. The van der Waals surface area contributed by atoms with Crippen molar-refractivity contribution >= 4 is 46.8 Å². The Bertz CT molecular complexity index is 967. The molecule has 0 radical (unpaired) electrons. The Morgan fingerprint density at radius 3 is 2.68 bits per heavy atom. The van der Waals surface area contributed by atoms with Gasteiger partial charge in [0.05, 0.1) is 15.0 Å². The SMILES string of the molecule is Cc1cc(C2=N/C(=C\c3cccc(Cl)c3Cl)C(=O)O2)ccc1[N+](=O)[O-]. The van der Waals surface area contributed by atoms with Crippen molar-refractivity contribution in [1.29, 1.82) is 0 Å². The van der Waals surface area contributed by atoms with E-state index >= 15 is 0 Å². The molecule has 0 bridgehead atoms. The van der Waals surface area contributed by atoms with Crippen LogP contribution in [-0.4, -0.2) is 16.8 Å². The first-order valence-electron chi connectivity index (χ1n) is 7.09. The molecule has 2 aromatic carbocycles. The maximum atomic E-state index is 12.0. The number of aliphatic imine (C=N–C) groups is 1. The Hall–Kier alpha value is -2.70. The molecule has 1 aliphatic rings. The van der Waals surface area contributed by atoms with Crippen LogP contribution < -0.4 is 0 Å². The van der Waals surface area contributed by atoms with E-state index < -0.39 is 10.9 Å². The van der Waals surface area contributed by atoms with Crippen molar-refractivity contribution in [3.63, 3.8) is 0 Å². The number of cyclic esters (lactones) is 1. The number of hydrogen-bond donors (Lipinski definition) is 0. The van der Waals surface area contributed by atoms with Gasteiger partial charge in [0.15, 0.2) is 5.70 Å². The number of carbonyl (C=O) groups is 1. The highest BCUT2D eigenvalue weighted by Gasteiger charge is 2.25.